The van der Waals surface area contributed by atoms with Gasteiger partial charge in [0.15, 0.2) is 6.10 Å². The fourth-order valence-corrected chi connectivity index (χ4v) is 3.29. The molecule has 7 heteroatoms. The summed E-state index contributed by atoms with van der Waals surface area (Å²) in [7, 11) is 0. The average Bonchev–Trinajstić information content (AvgIpc) is 2.71. The molecule has 3 rings (SSSR count). The van der Waals surface area contributed by atoms with Crippen molar-refractivity contribution in [2.45, 2.75) is 29.9 Å². The number of para-hydroxylation sites is 1. The first-order valence-electron chi connectivity index (χ1n) is 8.90. The minimum Gasteiger partial charge on any atom is -0.449 e. The van der Waals surface area contributed by atoms with Gasteiger partial charge in [-0.05, 0) is 50.2 Å². The van der Waals surface area contributed by atoms with Gasteiger partial charge in [-0.15, -0.1) is 0 Å². The van der Waals surface area contributed by atoms with Crippen LogP contribution in [0.5, 0.6) is 0 Å². The summed E-state index contributed by atoms with van der Waals surface area (Å²) in [5.74, 6) is -1.87. The molecule has 1 N–H and O–H groups in total. The number of anilines is 1. The summed E-state index contributed by atoms with van der Waals surface area (Å²) in [6.45, 7) is 3.42. The topological polar surface area (TPSA) is 68.3 Å². The summed E-state index contributed by atoms with van der Waals surface area (Å²) in [5.41, 5.74) is 1.41. The van der Waals surface area contributed by atoms with E-state index in [4.69, 9.17) is 4.74 Å². The molecule has 2 aromatic carbocycles. The highest BCUT2D eigenvalue weighted by molar-refractivity contribution is 7.99. The Morgan fingerprint density at radius 1 is 1.07 bits per heavy atom. The standard InChI is InChI=1S/C22H19FN2O3S/c1-14-9-11-16(12-10-14)29-21-17(6-5-13-24-21)22(27)28-15(2)20(26)25-19-8-4-3-7-18(19)23/h3-13,15H,1-2H3,(H,25,26)/t15-/m0/s1. The fourth-order valence-electron chi connectivity index (χ4n) is 2.42. The van der Waals surface area contributed by atoms with Crippen LogP contribution in [0.15, 0.2) is 76.8 Å². The van der Waals surface area contributed by atoms with E-state index >= 15 is 0 Å². The van der Waals surface area contributed by atoms with Crippen molar-refractivity contribution in [3.05, 3.63) is 83.8 Å². The van der Waals surface area contributed by atoms with Crippen LogP contribution in [-0.4, -0.2) is 23.0 Å². The van der Waals surface area contributed by atoms with Gasteiger partial charge < -0.3 is 10.1 Å². The lowest BCUT2D eigenvalue weighted by atomic mass is 10.2. The molecule has 0 aliphatic carbocycles. The molecule has 1 amide bonds. The van der Waals surface area contributed by atoms with Crippen LogP contribution in [-0.2, 0) is 9.53 Å². The number of aryl methyl sites for hydroxylation is 1. The first kappa shape index (κ1) is 20.5. The molecule has 0 radical (unpaired) electrons. The zero-order valence-electron chi connectivity index (χ0n) is 15.9. The van der Waals surface area contributed by atoms with Crippen molar-refractivity contribution in [3.63, 3.8) is 0 Å². The zero-order chi connectivity index (χ0) is 20.8. The molecule has 0 aliphatic heterocycles. The molecule has 0 unspecified atom stereocenters. The Morgan fingerprint density at radius 2 is 1.79 bits per heavy atom. The lowest BCUT2D eigenvalue weighted by Gasteiger charge is -2.15. The Morgan fingerprint density at radius 3 is 2.52 bits per heavy atom. The monoisotopic (exact) mass is 410 g/mol. The molecule has 1 heterocycles. The minimum absolute atomic E-state index is 0.0254. The minimum atomic E-state index is -1.11. The van der Waals surface area contributed by atoms with E-state index in [0.717, 1.165) is 10.5 Å². The maximum atomic E-state index is 13.7. The maximum absolute atomic E-state index is 13.7. The number of carbonyl (C=O) groups excluding carboxylic acids is 2. The normalized spacial score (nSPS) is 11.6. The van der Waals surface area contributed by atoms with Gasteiger partial charge in [-0.2, -0.15) is 0 Å². The lowest BCUT2D eigenvalue weighted by molar-refractivity contribution is -0.123. The molecule has 29 heavy (non-hydrogen) atoms. The van der Waals surface area contributed by atoms with Crippen molar-refractivity contribution in [1.29, 1.82) is 0 Å². The van der Waals surface area contributed by atoms with Gasteiger partial charge >= 0.3 is 5.97 Å². The zero-order valence-corrected chi connectivity index (χ0v) is 16.7. The van der Waals surface area contributed by atoms with Gasteiger partial charge in [-0.25, -0.2) is 14.2 Å². The van der Waals surface area contributed by atoms with E-state index < -0.39 is 23.8 Å². The Labute approximate surface area is 172 Å². The molecule has 0 spiro atoms. The Bertz CT molecular complexity index is 1020. The highest BCUT2D eigenvalue weighted by Crippen LogP contribution is 2.29. The second kappa shape index (κ2) is 9.34. The van der Waals surface area contributed by atoms with Gasteiger partial charge in [0.1, 0.15) is 10.8 Å². The van der Waals surface area contributed by atoms with Gasteiger partial charge in [0.2, 0.25) is 0 Å². The lowest BCUT2D eigenvalue weighted by Crippen LogP contribution is -2.30. The van der Waals surface area contributed by atoms with Crippen LogP contribution < -0.4 is 5.32 Å². The second-order valence-electron chi connectivity index (χ2n) is 6.29. The molecule has 3 aromatic rings. The summed E-state index contributed by atoms with van der Waals surface area (Å²) in [6, 6.07) is 16.8. The van der Waals surface area contributed by atoms with Gasteiger partial charge in [-0.3, -0.25) is 4.79 Å². The van der Waals surface area contributed by atoms with Gasteiger partial charge in [0.25, 0.3) is 5.91 Å². The molecular formula is C22H19FN2O3S. The highest BCUT2D eigenvalue weighted by atomic mass is 32.2. The number of benzene rings is 2. The van der Waals surface area contributed by atoms with E-state index in [1.54, 1.807) is 24.4 Å². The molecule has 1 aromatic heterocycles. The summed E-state index contributed by atoms with van der Waals surface area (Å²) in [4.78, 5) is 30.1. The van der Waals surface area contributed by atoms with E-state index in [2.05, 4.69) is 10.3 Å². The number of rotatable bonds is 6. The summed E-state index contributed by atoms with van der Waals surface area (Å²) in [6.07, 6.45) is 0.473. The van der Waals surface area contributed by atoms with Crippen LogP contribution in [0.1, 0.15) is 22.8 Å². The maximum Gasteiger partial charge on any atom is 0.341 e. The van der Waals surface area contributed by atoms with Crippen molar-refractivity contribution in [2.24, 2.45) is 0 Å². The van der Waals surface area contributed by atoms with Crippen molar-refractivity contribution >= 4 is 29.3 Å². The predicted molar refractivity (Wildman–Crippen MR) is 109 cm³/mol. The Balaban J connectivity index is 1.69. The van der Waals surface area contributed by atoms with Crippen molar-refractivity contribution in [3.8, 4) is 0 Å². The van der Waals surface area contributed by atoms with Gasteiger partial charge in [-0.1, -0.05) is 41.6 Å². The number of pyridine rings is 1. The van der Waals surface area contributed by atoms with Crippen molar-refractivity contribution in [2.75, 3.05) is 5.32 Å². The third-order valence-corrected chi connectivity index (χ3v) is 5.04. The number of nitrogens with one attached hydrogen (secondary N) is 1. The van der Waals surface area contributed by atoms with Crippen LogP contribution in [0.4, 0.5) is 10.1 Å². The third-order valence-electron chi connectivity index (χ3n) is 4.01. The van der Waals surface area contributed by atoms with Crippen LogP contribution in [0.2, 0.25) is 0 Å². The molecule has 0 fully saturated rings. The molecule has 0 bridgehead atoms. The van der Waals surface area contributed by atoms with Crippen molar-refractivity contribution < 1.29 is 18.7 Å². The number of aromatic nitrogens is 1. The summed E-state index contributed by atoms with van der Waals surface area (Å²) >= 11 is 1.33. The van der Waals surface area contributed by atoms with E-state index in [0.29, 0.717) is 5.03 Å². The smallest absolute Gasteiger partial charge is 0.341 e. The number of halogens is 1. The summed E-state index contributed by atoms with van der Waals surface area (Å²) in [5, 5.41) is 2.89. The van der Waals surface area contributed by atoms with Crippen LogP contribution in [0.25, 0.3) is 0 Å². The van der Waals surface area contributed by atoms with Crippen LogP contribution in [0.3, 0.4) is 0 Å². The Hall–Kier alpha value is -3.19. The first-order valence-corrected chi connectivity index (χ1v) is 9.71. The fraction of sp³-hybridized carbons (Fsp3) is 0.136. The molecule has 0 saturated carbocycles. The SMILES string of the molecule is Cc1ccc(Sc2ncccc2C(=O)O[C@@H](C)C(=O)Nc2ccccc2F)cc1. The van der Waals surface area contributed by atoms with E-state index in [1.165, 1.54) is 36.9 Å². The van der Waals surface area contributed by atoms with Crippen molar-refractivity contribution in [1.82, 2.24) is 4.98 Å². The van der Waals surface area contributed by atoms with Gasteiger partial charge in [0, 0.05) is 11.1 Å². The van der Waals surface area contributed by atoms with E-state index in [-0.39, 0.29) is 11.3 Å². The first-order chi connectivity index (χ1) is 13.9. The van der Waals surface area contributed by atoms with Crippen LogP contribution >= 0.6 is 11.8 Å². The molecular weight excluding hydrogens is 391 g/mol. The number of ether oxygens (including phenoxy) is 1. The predicted octanol–water partition coefficient (Wildman–Crippen LogP) is 4.86. The Kier molecular flexibility index (Phi) is 6.61. The van der Waals surface area contributed by atoms with Crippen LogP contribution in [0, 0.1) is 12.7 Å². The van der Waals surface area contributed by atoms with Gasteiger partial charge in [0.05, 0.1) is 11.3 Å². The largest absolute Gasteiger partial charge is 0.449 e. The quantitative estimate of drug-likeness (QED) is 0.588. The average molecular weight is 410 g/mol. The number of nitrogens with zero attached hydrogens (tertiary/aromatic N) is 1. The molecule has 0 aliphatic rings. The summed E-state index contributed by atoms with van der Waals surface area (Å²) < 4.78 is 19.0. The highest BCUT2D eigenvalue weighted by Gasteiger charge is 2.22. The number of hydrogen-bond donors (Lipinski definition) is 1. The van der Waals surface area contributed by atoms with E-state index in [1.807, 2.05) is 31.2 Å². The molecule has 5 nitrogen and oxygen atoms in total. The van der Waals surface area contributed by atoms with E-state index in [9.17, 15) is 14.0 Å². The number of hydrogen-bond acceptors (Lipinski definition) is 5. The molecule has 1 atom stereocenters. The number of esters is 1. The third kappa shape index (κ3) is 5.42. The number of amides is 1. The molecule has 148 valence electrons. The number of carbonyl (C=O) groups is 2. The molecule has 0 saturated heterocycles. The second-order valence-corrected chi connectivity index (χ2v) is 7.35.